The Hall–Kier alpha value is -4.08. The molecular formula is C28H26ClN3O3. The molecule has 0 unspecified atom stereocenters. The lowest BCUT2D eigenvalue weighted by Gasteiger charge is -2.13. The van der Waals surface area contributed by atoms with Gasteiger partial charge in [0.1, 0.15) is 17.4 Å². The predicted molar refractivity (Wildman–Crippen MR) is 140 cm³/mol. The highest BCUT2D eigenvalue weighted by molar-refractivity contribution is 6.30. The summed E-state index contributed by atoms with van der Waals surface area (Å²) in [7, 11) is 0. The Labute approximate surface area is 210 Å². The number of nitrogens with one attached hydrogen (secondary N) is 2. The Balaban J connectivity index is 1.77. The molecule has 3 aromatic carbocycles. The van der Waals surface area contributed by atoms with Crippen molar-refractivity contribution in [2.24, 2.45) is 0 Å². The second kappa shape index (κ2) is 11.4. The first-order valence-corrected chi connectivity index (χ1v) is 11.3. The van der Waals surface area contributed by atoms with Crippen LogP contribution in [-0.2, 0) is 9.59 Å². The van der Waals surface area contributed by atoms with Crippen molar-refractivity contribution in [1.82, 2.24) is 0 Å². The monoisotopic (exact) mass is 487 g/mol. The second-order valence-electron chi connectivity index (χ2n) is 8.21. The van der Waals surface area contributed by atoms with Crippen molar-refractivity contribution < 1.29 is 14.3 Å². The van der Waals surface area contributed by atoms with Crippen molar-refractivity contribution in [1.29, 1.82) is 5.26 Å². The third kappa shape index (κ3) is 6.72. The third-order valence-electron chi connectivity index (χ3n) is 5.50. The number of nitrogens with zero attached hydrogens (tertiary/aromatic N) is 1. The van der Waals surface area contributed by atoms with Gasteiger partial charge in [-0.2, -0.15) is 5.26 Å². The van der Waals surface area contributed by atoms with Crippen LogP contribution in [0.1, 0.15) is 27.8 Å². The zero-order valence-corrected chi connectivity index (χ0v) is 20.8. The fourth-order valence-corrected chi connectivity index (χ4v) is 3.61. The SMILES string of the molecule is Cc1ccc(NC(=O)COc2ccc(Cl)cc2/C=C(/C#N)C(=O)Nc2cccc(C)c2C)c(C)c1. The summed E-state index contributed by atoms with van der Waals surface area (Å²) in [6.45, 7) is 7.48. The van der Waals surface area contributed by atoms with Crippen LogP contribution < -0.4 is 15.4 Å². The number of hydrogen-bond donors (Lipinski definition) is 2. The molecule has 0 saturated heterocycles. The lowest BCUT2D eigenvalue weighted by atomic mass is 10.1. The molecule has 2 N–H and O–H groups in total. The molecule has 0 spiro atoms. The summed E-state index contributed by atoms with van der Waals surface area (Å²) in [6.07, 6.45) is 1.39. The van der Waals surface area contributed by atoms with Crippen LogP contribution in [0, 0.1) is 39.0 Å². The highest BCUT2D eigenvalue weighted by Crippen LogP contribution is 2.26. The third-order valence-corrected chi connectivity index (χ3v) is 5.74. The van der Waals surface area contributed by atoms with Gasteiger partial charge < -0.3 is 15.4 Å². The lowest BCUT2D eigenvalue weighted by molar-refractivity contribution is -0.118. The molecule has 6 nitrogen and oxygen atoms in total. The zero-order chi connectivity index (χ0) is 25.5. The quantitative estimate of drug-likeness (QED) is 0.309. The van der Waals surface area contributed by atoms with Crippen molar-refractivity contribution in [3.63, 3.8) is 0 Å². The van der Waals surface area contributed by atoms with Gasteiger partial charge in [0.15, 0.2) is 6.61 Å². The van der Waals surface area contributed by atoms with Crippen LogP contribution in [0.4, 0.5) is 11.4 Å². The van der Waals surface area contributed by atoms with Crippen LogP contribution in [0.5, 0.6) is 5.75 Å². The van der Waals surface area contributed by atoms with E-state index in [4.69, 9.17) is 16.3 Å². The molecule has 7 heteroatoms. The lowest BCUT2D eigenvalue weighted by Crippen LogP contribution is -2.21. The number of hydrogen-bond acceptors (Lipinski definition) is 4. The first-order chi connectivity index (χ1) is 16.7. The van der Waals surface area contributed by atoms with Crippen LogP contribution in [-0.4, -0.2) is 18.4 Å². The first-order valence-electron chi connectivity index (χ1n) is 11.0. The van der Waals surface area contributed by atoms with Gasteiger partial charge in [0.05, 0.1) is 0 Å². The molecule has 0 radical (unpaired) electrons. The van der Waals surface area contributed by atoms with E-state index in [9.17, 15) is 14.9 Å². The molecule has 3 aromatic rings. The zero-order valence-electron chi connectivity index (χ0n) is 20.0. The van der Waals surface area contributed by atoms with Crippen molar-refractivity contribution in [2.75, 3.05) is 17.2 Å². The highest BCUT2D eigenvalue weighted by atomic mass is 35.5. The van der Waals surface area contributed by atoms with Crippen LogP contribution in [0.15, 0.2) is 60.2 Å². The van der Waals surface area contributed by atoms with E-state index in [-0.39, 0.29) is 18.1 Å². The number of aryl methyl sites for hydroxylation is 3. The average Bonchev–Trinajstić information content (AvgIpc) is 2.81. The summed E-state index contributed by atoms with van der Waals surface area (Å²) >= 11 is 6.14. The van der Waals surface area contributed by atoms with Crippen molar-refractivity contribution in [3.8, 4) is 11.8 Å². The molecule has 0 aromatic heterocycles. The fraction of sp³-hybridized carbons (Fsp3) is 0.179. The Morgan fingerprint density at radius 2 is 1.74 bits per heavy atom. The summed E-state index contributed by atoms with van der Waals surface area (Å²) in [6, 6.07) is 18.0. The van der Waals surface area contributed by atoms with Gasteiger partial charge in [-0.15, -0.1) is 0 Å². The summed E-state index contributed by atoms with van der Waals surface area (Å²) in [5.74, 6) is -0.577. The minimum Gasteiger partial charge on any atom is -0.483 e. The maximum absolute atomic E-state index is 12.8. The summed E-state index contributed by atoms with van der Waals surface area (Å²) in [5, 5.41) is 15.6. The minimum absolute atomic E-state index is 0.127. The second-order valence-corrected chi connectivity index (χ2v) is 8.65. The van der Waals surface area contributed by atoms with E-state index < -0.39 is 5.91 Å². The number of halogens is 1. The molecule has 0 aliphatic rings. The van der Waals surface area contributed by atoms with Crippen molar-refractivity contribution in [2.45, 2.75) is 27.7 Å². The molecule has 0 atom stereocenters. The molecule has 0 aliphatic heterocycles. The molecule has 3 rings (SSSR count). The number of benzene rings is 3. The normalized spacial score (nSPS) is 10.9. The standard InChI is InChI=1S/C28H26ClN3O3/c1-17-8-10-24(19(3)12-17)31-27(33)16-35-26-11-9-23(29)14-21(26)13-22(15-30)28(34)32-25-7-5-6-18(2)20(25)4/h5-14H,16H2,1-4H3,(H,31,33)(H,32,34)/b22-13-. The molecule has 0 saturated carbocycles. The van der Waals surface area contributed by atoms with Gasteiger partial charge in [0.2, 0.25) is 0 Å². The highest BCUT2D eigenvalue weighted by Gasteiger charge is 2.14. The Bertz CT molecular complexity index is 1360. The Kier molecular flexibility index (Phi) is 8.30. The number of carbonyl (C=O) groups excluding carboxylic acids is 2. The molecule has 0 aliphatic carbocycles. The minimum atomic E-state index is -0.556. The van der Waals surface area contributed by atoms with E-state index in [1.165, 1.54) is 6.08 Å². The molecule has 2 amide bonds. The summed E-state index contributed by atoms with van der Waals surface area (Å²) in [4.78, 5) is 25.2. The van der Waals surface area contributed by atoms with Gasteiger partial charge in [-0.1, -0.05) is 41.4 Å². The molecule has 178 valence electrons. The Morgan fingerprint density at radius 1 is 0.971 bits per heavy atom. The fourth-order valence-electron chi connectivity index (χ4n) is 3.43. The number of ether oxygens (including phenoxy) is 1. The van der Waals surface area contributed by atoms with E-state index in [2.05, 4.69) is 10.6 Å². The Morgan fingerprint density at radius 3 is 2.46 bits per heavy atom. The number of nitriles is 1. The van der Waals surface area contributed by atoms with E-state index in [1.54, 1.807) is 24.3 Å². The molecular weight excluding hydrogens is 462 g/mol. The van der Waals surface area contributed by atoms with Crippen molar-refractivity contribution in [3.05, 3.63) is 93.0 Å². The van der Waals surface area contributed by atoms with E-state index in [0.717, 1.165) is 22.3 Å². The van der Waals surface area contributed by atoms with Gasteiger partial charge >= 0.3 is 0 Å². The summed E-state index contributed by atoms with van der Waals surface area (Å²) < 4.78 is 5.71. The molecule has 0 fully saturated rings. The van der Waals surface area contributed by atoms with E-state index >= 15 is 0 Å². The van der Waals surface area contributed by atoms with Gasteiger partial charge in [-0.25, -0.2) is 0 Å². The van der Waals surface area contributed by atoms with Gasteiger partial charge in [-0.05, 0) is 80.8 Å². The maximum Gasteiger partial charge on any atom is 0.266 e. The summed E-state index contributed by atoms with van der Waals surface area (Å²) in [5.41, 5.74) is 5.60. The number of anilines is 2. The van der Waals surface area contributed by atoms with Gasteiger partial charge in [0.25, 0.3) is 11.8 Å². The maximum atomic E-state index is 12.8. The van der Waals surface area contributed by atoms with Crippen LogP contribution in [0.25, 0.3) is 6.08 Å². The average molecular weight is 488 g/mol. The predicted octanol–water partition coefficient (Wildman–Crippen LogP) is 6.14. The van der Waals surface area contributed by atoms with Crippen LogP contribution in [0.2, 0.25) is 5.02 Å². The largest absolute Gasteiger partial charge is 0.483 e. The molecule has 0 heterocycles. The smallest absolute Gasteiger partial charge is 0.266 e. The van der Waals surface area contributed by atoms with Gasteiger partial charge in [0, 0.05) is 22.0 Å². The van der Waals surface area contributed by atoms with Gasteiger partial charge in [-0.3, -0.25) is 9.59 Å². The van der Waals surface area contributed by atoms with Crippen LogP contribution in [0.3, 0.4) is 0 Å². The van der Waals surface area contributed by atoms with Crippen molar-refractivity contribution >= 4 is 40.9 Å². The number of carbonyl (C=O) groups is 2. The first kappa shape index (κ1) is 25.5. The number of rotatable bonds is 7. The van der Waals surface area contributed by atoms with Crippen LogP contribution >= 0.6 is 11.6 Å². The topological polar surface area (TPSA) is 91.2 Å². The van der Waals surface area contributed by atoms with E-state index in [0.29, 0.717) is 27.7 Å². The molecule has 35 heavy (non-hydrogen) atoms. The number of amides is 2. The molecule has 0 bridgehead atoms. The van der Waals surface area contributed by atoms with E-state index in [1.807, 2.05) is 64.1 Å².